The lowest BCUT2D eigenvalue weighted by molar-refractivity contribution is 0.0559. The van der Waals surface area contributed by atoms with Crippen molar-refractivity contribution in [3.05, 3.63) is 45.0 Å². The van der Waals surface area contributed by atoms with E-state index in [1.807, 2.05) is 26.1 Å². The van der Waals surface area contributed by atoms with E-state index in [1.165, 1.54) is 12.0 Å². The Bertz CT molecular complexity index is 593. The fraction of sp³-hybridized carbons (Fsp3) is 0.357. The van der Waals surface area contributed by atoms with E-state index in [-0.39, 0.29) is 11.8 Å². The zero-order valence-electron chi connectivity index (χ0n) is 11.6. The Morgan fingerprint density at radius 3 is 2.80 bits per heavy atom. The molecular formula is C14H16ClNO3S. The van der Waals surface area contributed by atoms with Gasteiger partial charge in [0.15, 0.2) is 0 Å². The largest absolute Gasteiger partial charge is 0.463 e. The maximum atomic E-state index is 11.4. The summed E-state index contributed by atoms with van der Waals surface area (Å²) in [5.41, 5.74) is 0. The van der Waals surface area contributed by atoms with Gasteiger partial charge in [-0.05, 0) is 38.2 Å². The SMILES string of the molecule is COC(=O)c1ccc(C(C)N(C)Cc2ccc(Cl)s2)o1. The van der Waals surface area contributed by atoms with Crippen LogP contribution in [0.5, 0.6) is 0 Å². The first-order valence-electron chi connectivity index (χ1n) is 6.13. The predicted octanol–water partition coefficient (Wildman–Crippen LogP) is 3.97. The smallest absolute Gasteiger partial charge is 0.373 e. The summed E-state index contributed by atoms with van der Waals surface area (Å²) in [7, 11) is 3.33. The topological polar surface area (TPSA) is 42.7 Å². The third-order valence-electron chi connectivity index (χ3n) is 3.12. The monoisotopic (exact) mass is 313 g/mol. The number of furan rings is 1. The molecule has 2 heterocycles. The van der Waals surface area contributed by atoms with Gasteiger partial charge in [0.2, 0.25) is 5.76 Å². The highest BCUT2D eigenvalue weighted by Crippen LogP contribution is 2.27. The molecule has 1 atom stereocenters. The van der Waals surface area contributed by atoms with Crippen molar-refractivity contribution in [2.24, 2.45) is 0 Å². The molecule has 20 heavy (non-hydrogen) atoms. The first-order valence-corrected chi connectivity index (χ1v) is 7.33. The predicted molar refractivity (Wildman–Crippen MR) is 79.3 cm³/mol. The van der Waals surface area contributed by atoms with Crippen LogP contribution in [-0.4, -0.2) is 25.0 Å². The molecule has 0 aliphatic heterocycles. The van der Waals surface area contributed by atoms with Gasteiger partial charge in [0.05, 0.1) is 17.5 Å². The molecule has 0 amide bonds. The van der Waals surface area contributed by atoms with Crippen LogP contribution >= 0.6 is 22.9 Å². The highest BCUT2D eigenvalue weighted by atomic mass is 35.5. The van der Waals surface area contributed by atoms with Crippen molar-refractivity contribution in [3.8, 4) is 0 Å². The summed E-state index contributed by atoms with van der Waals surface area (Å²) in [4.78, 5) is 14.7. The molecule has 2 rings (SSSR count). The van der Waals surface area contributed by atoms with Crippen LogP contribution in [0.3, 0.4) is 0 Å². The third-order valence-corrected chi connectivity index (χ3v) is 4.34. The minimum Gasteiger partial charge on any atom is -0.463 e. The lowest BCUT2D eigenvalue weighted by Gasteiger charge is -2.22. The Balaban J connectivity index is 2.04. The van der Waals surface area contributed by atoms with Crippen LogP contribution in [0.4, 0.5) is 0 Å². The lowest BCUT2D eigenvalue weighted by Crippen LogP contribution is -2.21. The number of carbonyl (C=O) groups excluding carboxylic acids is 1. The zero-order valence-corrected chi connectivity index (χ0v) is 13.1. The van der Waals surface area contributed by atoms with Crippen LogP contribution in [0.15, 0.2) is 28.7 Å². The molecule has 1 unspecified atom stereocenters. The first kappa shape index (κ1) is 15.1. The van der Waals surface area contributed by atoms with Crippen LogP contribution in [0.25, 0.3) is 0 Å². The van der Waals surface area contributed by atoms with Crippen LogP contribution < -0.4 is 0 Å². The van der Waals surface area contributed by atoms with Gasteiger partial charge < -0.3 is 9.15 Å². The lowest BCUT2D eigenvalue weighted by atomic mass is 10.2. The normalized spacial score (nSPS) is 12.7. The van der Waals surface area contributed by atoms with E-state index < -0.39 is 5.97 Å². The number of rotatable bonds is 5. The number of ether oxygens (including phenoxy) is 1. The van der Waals surface area contributed by atoms with Gasteiger partial charge in [0, 0.05) is 11.4 Å². The fourth-order valence-corrected chi connectivity index (χ4v) is 2.98. The number of esters is 1. The molecule has 2 aromatic rings. The van der Waals surface area contributed by atoms with Gasteiger partial charge in [-0.15, -0.1) is 11.3 Å². The van der Waals surface area contributed by atoms with Crippen LogP contribution in [0.2, 0.25) is 4.34 Å². The summed E-state index contributed by atoms with van der Waals surface area (Å²) in [6, 6.07) is 7.39. The number of hydrogen-bond donors (Lipinski definition) is 0. The van der Waals surface area contributed by atoms with Crippen molar-refractivity contribution in [1.82, 2.24) is 4.90 Å². The Morgan fingerprint density at radius 1 is 1.45 bits per heavy atom. The Hall–Kier alpha value is -1.30. The first-order chi connectivity index (χ1) is 9.51. The second-order valence-electron chi connectivity index (χ2n) is 4.49. The van der Waals surface area contributed by atoms with Crippen LogP contribution in [0, 0.1) is 0 Å². The summed E-state index contributed by atoms with van der Waals surface area (Å²) in [5.74, 6) is 0.494. The highest BCUT2D eigenvalue weighted by molar-refractivity contribution is 7.16. The number of thiophene rings is 1. The number of carbonyl (C=O) groups is 1. The Kier molecular flexibility index (Phi) is 4.86. The Morgan fingerprint density at radius 2 is 2.20 bits per heavy atom. The number of hydrogen-bond acceptors (Lipinski definition) is 5. The van der Waals surface area contributed by atoms with Gasteiger partial charge in [-0.2, -0.15) is 0 Å². The van der Waals surface area contributed by atoms with Crippen molar-refractivity contribution >= 4 is 28.9 Å². The van der Waals surface area contributed by atoms with Gasteiger partial charge in [-0.1, -0.05) is 11.6 Å². The molecule has 0 saturated carbocycles. The number of halogens is 1. The minimum absolute atomic E-state index is 0.0503. The molecule has 4 nitrogen and oxygen atoms in total. The second kappa shape index (κ2) is 6.43. The zero-order chi connectivity index (χ0) is 14.7. The quantitative estimate of drug-likeness (QED) is 0.783. The van der Waals surface area contributed by atoms with Crippen molar-refractivity contribution in [1.29, 1.82) is 0 Å². The minimum atomic E-state index is -0.462. The molecule has 2 aromatic heterocycles. The molecule has 0 radical (unpaired) electrons. The van der Waals surface area contributed by atoms with E-state index >= 15 is 0 Å². The molecule has 0 spiro atoms. The van der Waals surface area contributed by atoms with Gasteiger partial charge in [-0.3, -0.25) is 4.90 Å². The van der Waals surface area contributed by atoms with E-state index in [0.717, 1.165) is 16.6 Å². The summed E-state index contributed by atoms with van der Waals surface area (Å²) in [5, 5.41) is 0. The van der Waals surface area contributed by atoms with Crippen molar-refractivity contribution in [2.45, 2.75) is 19.5 Å². The molecule has 0 aromatic carbocycles. The molecule has 0 bridgehead atoms. The molecule has 0 N–H and O–H groups in total. The highest BCUT2D eigenvalue weighted by Gasteiger charge is 2.19. The van der Waals surface area contributed by atoms with E-state index in [1.54, 1.807) is 23.5 Å². The van der Waals surface area contributed by atoms with E-state index in [9.17, 15) is 4.79 Å². The van der Waals surface area contributed by atoms with Gasteiger partial charge in [0.25, 0.3) is 0 Å². The number of nitrogens with zero attached hydrogens (tertiary/aromatic N) is 1. The van der Waals surface area contributed by atoms with Gasteiger partial charge in [0.1, 0.15) is 5.76 Å². The van der Waals surface area contributed by atoms with E-state index in [4.69, 9.17) is 16.0 Å². The number of methoxy groups -OCH3 is 1. The second-order valence-corrected chi connectivity index (χ2v) is 6.29. The third kappa shape index (κ3) is 3.42. The molecular weight excluding hydrogens is 298 g/mol. The van der Waals surface area contributed by atoms with Gasteiger partial charge in [-0.25, -0.2) is 4.79 Å². The fourth-order valence-electron chi connectivity index (χ4n) is 1.82. The average Bonchev–Trinajstić information content (AvgIpc) is 3.06. The summed E-state index contributed by atoms with van der Waals surface area (Å²) in [6.45, 7) is 2.79. The van der Waals surface area contributed by atoms with Gasteiger partial charge >= 0.3 is 5.97 Å². The van der Waals surface area contributed by atoms with Crippen LogP contribution in [-0.2, 0) is 11.3 Å². The standard InChI is InChI=1S/C14H16ClNO3S/c1-9(11-5-6-12(19-11)14(17)18-3)16(2)8-10-4-7-13(15)20-10/h4-7,9H,8H2,1-3H3. The van der Waals surface area contributed by atoms with E-state index in [2.05, 4.69) is 9.64 Å². The van der Waals surface area contributed by atoms with E-state index in [0.29, 0.717) is 0 Å². The average molecular weight is 314 g/mol. The maximum Gasteiger partial charge on any atom is 0.373 e. The molecule has 0 fully saturated rings. The molecule has 0 aliphatic carbocycles. The van der Waals surface area contributed by atoms with Crippen molar-refractivity contribution < 1.29 is 13.9 Å². The molecule has 0 saturated heterocycles. The van der Waals surface area contributed by atoms with Crippen molar-refractivity contribution in [2.75, 3.05) is 14.2 Å². The van der Waals surface area contributed by atoms with Crippen molar-refractivity contribution in [3.63, 3.8) is 0 Å². The molecule has 6 heteroatoms. The molecule has 0 aliphatic rings. The Labute approximate surface area is 126 Å². The summed E-state index contributed by atoms with van der Waals surface area (Å²) >= 11 is 7.49. The maximum absolute atomic E-state index is 11.4. The summed E-state index contributed by atoms with van der Waals surface area (Å²) in [6.07, 6.45) is 0. The van der Waals surface area contributed by atoms with Crippen LogP contribution in [0.1, 0.15) is 34.2 Å². The molecule has 108 valence electrons. The summed E-state index contributed by atoms with van der Waals surface area (Å²) < 4.78 is 10.9.